The molecule has 1 aliphatic carbocycles. The van der Waals surface area contributed by atoms with Crippen LogP contribution in [0.2, 0.25) is 0 Å². The van der Waals surface area contributed by atoms with Crippen LogP contribution in [0.15, 0.2) is 35.2 Å². The first-order valence-corrected chi connectivity index (χ1v) is 9.24. The Labute approximate surface area is 142 Å². The number of benzene rings is 1. The van der Waals surface area contributed by atoms with Crippen LogP contribution in [0.25, 0.3) is 0 Å². The van der Waals surface area contributed by atoms with Crippen molar-refractivity contribution in [3.63, 3.8) is 0 Å². The van der Waals surface area contributed by atoms with E-state index in [0.717, 1.165) is 17.2 Å². The number of thioether (sulfide) groups is 1. The fourth-order valence-corrected chi connectivity index (χ4v) is 2.95. The standard InChI is InChI=1S/C18H24N4S/c1-18(2,3)22-17-20-14(12-9-10-12)11-16(21-17)19-13-7-5-6-8-15(13)23-4/h5-8,11-12H,9-10H2,1-4H3,(H2,19,20,21,22). The van der Waals surface area contributed by atoms with Crippen molar-refractivity contribution in [2.75, 3.05) is 16.9 Å². The molecule has 0 saturated heterocycles. The molecular formula is C18H24N4S. The third-order valence-corrected chi connectivity index (χ3v) is 4.39. The fourth-order valence-electron chi connectivity index (χ4n) is 2.40. The van der Waals surface area contributed by atoms with Crippen molar-refractivity contribution >= 4 is 29.2 Å². The number of aromatic nitrogens is 2. The number of anilines is 3. The zero-order valence-electron chi connectivity index (χ0n) is 14.2. The van der Waals surface area contributed by atoms with E-state index in [0.29, 0.717) is 11.9 Å². The molecule has 1 saturated carbocycles. The first-order chi connectivity index (χ1) is 10.9. The van der Waals surface area contributed by atoms with Crippen LogP contribution in [0.5, 0.6) is 0 Å². The third-order valence-electron chi connectivity index (χ3n) is 3.60. The first-order valence-electron chi connectivity index (χ1n) is 8.02. The van der Waals surface area contributed by atoms with Crippen molar-refractivity contribution < 1.29 is 0 Å². The zero-order chi connectivity index (χ0) is 16.4. The van der Waals surface area contributed by atoms with Crippen molar-refractivity contribution in [1.82, 2.24) is 9.97 Å². The molecule has 4 nitrogen and oxygen atoms in total. The molecule has 1 aromatic heterocycles. The van der Waals surface area contributed by atoms with Crippen LogP contribution in [0.4, 0.5) is 17.5 Å². The molecule has 0 radical (unpaired) electrons. The molecular weight excluding hydrogens is 304 g/mol. The number of para-hydroxylation sites is 1. The van der Waals surface area contributed by atoms with Gasteiger partial charge in [0.1, 0.15) is 5.82 Å². The smallest absolute Gasteiger partial charge is 0.225 e. The van der Waals surface area contributed by atoms with Crippen molar-refractivity contribution in [3.05, 3.63) is 36.0 Å². The normalized spacial score (nSPS) is 14.6. The van der Waals surface area contributed by atoms with Gasteiger partial charge in [-0.2, -0.15) is 4.98 Å². The molecule has 1 aromatic carbocycles. The van der Waals surface area contributed by atoms with E-state index in [1.807, 2.05) is 6.07 Å². The highest BCUT2D eigenvalue weighted by molar-refractivity contribution is 7.98. The van der Waals surface area contributed by atoms with Gasteiger partial charge in [0, 0.05) is 22.4 Å². The van der Waals surface area contributed by atoms with Crippen LogP contribution >= 0.6 is 11.8 Å². The lowest BCUT2D eigenvalue weighted by Gasteiger charge is -2.21. The summed E-state index contributed by atoms with van der Waals surface area (Å²) < 4.78 is 0. The van der Waals surface area contributed by atoms with Crippen LogP contribution in [0, 0.1) is 0 Å². The third kappa shape index (κ3) is 4.38. The Morgan fingerprint density at radius 1 is 1.13 bits per heavy atom. The van der Waals surface area contributed by atoms with E-state index in [4.69, 9.17) is 4.98 Å². The molecule has 5 heteroatoms. The van der Waals surface area contributed by atoms with E-state index in [9.17, 15) is 0 Å². The Balaban J connectivity index is 1.91. The molecule has 0 atom stereocenters. The van der Waals surface area contributed by atoms with Gasteiger partial charge in [0.05, 0.1) is 11.4 Å². The lowest BCUT2D eigenvalue weighted by Crippen LogP contribution is -2.27. The van der Waals surface area contributed by atoms with Gasteiger partial charge in [-0.15, -0.1) is 11.8 Å². The van der Waals surface area contributed by atoms with Gasteiger partial charge < -0.3 is 10.6 Å². The summed E-state index contributed by atoms with van der Waals surface area (Å²) >= 11 is 1.73. The molecule has 3 rings (SSSR count). The minimum absolute atomic E-state index is 0.0589. The van der Waals surface area contributed by atoms with Crippen LogP contribution in [-0.4, -0.2) is 21.8 Å². The number of hydrogen-bond acceptors (Lipinski definition) is 5. The Hall–Kier alpha value is -1.75. The van der Waals surface area contributed by atoms with Crippen LogP contribution < -0.4 is 10.6 Å². The molecule has 1 heterocycles. The summed E-state index contributed by atoms with van der Waals surface area (Å²) in [6, 6.07) is 10.4. The van der Waals surface area contributed by atoms with Crippen molar-refractivity contribution in [2.24, 2.45) is 0 Å². The molecule has 0 unspecified atom stereocenters. The van der Waals surface area contributed by atoms with E-state index >= 15 is 0 Å². The minimum Gasteiger partial charge on any atom is -0.350 e. The largest absolute Gasteiger partial charge is 0.350 e. The predicted molar refractivity (Wildman–Crippen MR) is 98.9 cm³/mol. The summed E-state index contributed by atoms with van der Waals surface area (Å²) in [5.41, 5.74) is 2.16. The van der Waals surface area contributed by atoms with E-state index in [1.165, 1.54) is 17.7 Å². The molecule has 2 aromatic rings. The quantitative estimate of drug-likeness (QED) is 0.754. The molecule has 0 aliphatic heterocycles. The van der Waals surface area contributed by atoms with E-state index < -0.39 is 0 Å². The topological polar surface area (TPSA) is 49.8 Å². The average Bonchev–Trinajstić information content (AvgIpc) is 3.30. The second-order valence-electron chi connectivity index (χ2n) is 6.98. The van der Waals surface area contributed by atoms with Gasteiger partial charge in [-0.3, -0.25) is 0 Å². The summed E-state index contributed by atoms with van der Waals surface area (Å²) in [6.45, 7) is 6.36. The van der Waals surface area contributed by atoms with Crippen molar-refractivity contribution in [2.45, 2.75) is 50.0 Å². The fraction of sp³-hybridized carbons (Fsp3) is 0.444. The lowest BCUT2D eigenvalue weighted by atomic mass is 10.1. The molecule has 2 N–H and O–H groups in total. The molecule has 0 amide bonds. The summed E-state index contributed by atoms with van der Waals surface area (Å²) in [5.74, 6) is 2.15. The Morgan fingerprint density at radius 3 is 2.52 bits per heavy atom. The predicted octanol–water partition coefficient (Wildman–Crippen LogP) is 5.03. The van der Waals surface area contributed by atoms with Gasteiger partial charge in [-0.05, 0) is 52.0 Å². The van der Waals surface area contributed by atoms with Crippen LogP contribution in [-0.2, 0) is 0 Å². The second-order valence-corrected chi connectivity index (χ2v) is 7.82. The van der Waals surface area contributed by atoms with Crippen molar-refractivity contribution in [3.8, 4) is 0 Å². The maximum atomic E-state index is 4.70. The summed E-state index contributed by atoms with van der Waals surface area (Å²) in [6.07, 6.45) is 4.54. The summed E-state index contributed by atoms with van der Waals surface area (Å²) in [7, 11) is 0. The second kappa shape index (κ2) is 6.40. The van der Waals surface area contributed by atoms with Gasteiger partial charge in [-0.25, -0.2) is 4.98 Å². The Kier molecular flexibility index (Phi) is 4.48. The van der Waals surface area contributed by atoms with E-state index in [-0.39, 0.29) is 5.54 Å². The highest BCUT2D eigenvalue weighted by atomic mass is 32.2. The number of rotatable bonds is 5. The minimum atomic E-state index is -0.0589. The molecule has 0 bridgehead atoms. The van der Waals surface area contributed by atoms with Crippen molar-refractivity contribution in [1.29, 1.82) is 0 Å². The van der Waals surface area contributed by atoms with E-state index in [2.05, 4.69) is 66.9 Å². The van der Waals surface area contributed by atoms with Crippen LogP contribution in [0.1, 0.15) is 45.2 Å². The molecule has 0 spiro atoms. The van der Waals surface area contributed by atoms with Crippen LogP contribution in [0.3, 0.4) is 0 Å². The van der Waals surface area contributed by atoms with Gasteiger partial charge in [0.2, 0.25) is 5.95 Å². The summed E-state index contributed by atoms with van der Waals surface area (Å²) in [5, 5.41) is 6.85. The zero-order valence-corrected chi connectivity index (χ0v) is 15.0. The molecule has 122 valence electrons. The Morgan fingerprint density at radius 2 is 1.87 bits per heavy atom. The monoisotopic (exact) mass is 328 g/mol. The maximum Gasteiger partial charge on any atom is 0.225 e. The average molecular weight is 328 g/mol. The molecule has 23 heavy (non-hydrogen) atoms. The first kappa shape index (κ1) is 16.1. The van der Waals surface area contributed by atoms with Gasteiger partial charge in [-0.1, -0.05) is 12.1 Å². The Bertz CT molecular complexity index is 690. The number of nitrogens with one attached hydrogen (secondary N) is 2. The highest BCUT2D eigenvalue weighted by Crippen LogP contribution is 2.40. The van der Waals surface area contributed by atoms with Gasteiger partial charge >= 0.3 is 0 Å². The van der Waals surface area contributed by atoms with Gasteiger partial charge in [0.15, 0.2) is 0 Å². The number of hydrogen-bond donors (Lipinski definition) is 2. The summed E-state index contributed by atoms with van der Waals surface area (Å²) in [4.78, 5) is 10.6. The van der Waals surface area contributed by atoms with E-state index in [1.54, 1.807) is 11.8 Å². The lowest BCUT2D eigenvalue weighted by molar-refractivity contribution is 0.625. The number of nitrogens with zero attached hydrogens (tertiary/aromatic N) is 2. The molecule has 1 fully saturated rings. The highest BCUT2D eigenvalue weighted by Gasteiger charge is 2.26. The molecule has 1 aliphatic rings. The van der Waals surface area contributed by atoms with Gasteiger partial charge in [0.25, 0.3) is 0 Å². The maximum absolute atomic E-state index is 4.70. The SMILES string of the molecule is CSc1ccccc1Nc1cc(C2CC2)nc(NC(C)(C)C)n1.